The second kappa shape index (κ2) is 21.8. The van der Waals surface area contributed by atoms with E-state index in [9.17, 15) is 76.5 Å². The van der Waals surface area contributed by atoms with Gasteiger partial charge in [-0.1, -0.05) is 6.07 Å². The number of urea groups is 1. The Morgan fingerprint density at radius 1 is 0.562 bits per heavy atom. The molecule has 0 saturated heterocycles. The van der Waals surface area contributed by atoms with Crippen LogP contribution in [0.1, 0.15) is 15.9 Å². The Morgan fingerprint density at radius 3 is 1.53 bits per heavy atom. The zero-order chi connectivity index (χ0) is 44.1. The summed E-state index contributed by atoms with van der Waals surface area (Å²) >= 11 is 0. The number of hydrogen-bond acceptors (Lipinski definition) is 21. The van der Waals surface area contributed by atoms with E-state index in [1.807, 2.05) is 0 Å². The first-order valence-corrected chi connectivity index (χ1v) is 21.5. The van der Waals surface area contributed by atoms with Gasteiger partial charge >= 0.3 is 124 Å². The number of allylic oxidation sites excluding steroid dienone is 1. The summed E-state index contributed by atoms with van der Waals surface area (Å²) in [5.41, 5.74) is 0.509. The summed E-state index contributed by atoms with van der Waals surface area (Å²) in [6, 6.07) is 10.1. The molecular formula is C33H20N6Na4O17S4. The van der Waals surface area contributed by atoms with E-state index in [4.69, 9.17) is 0 Å². The molecule has 31 heteroatoms. The van der Waals surface area contributed by atoms with Crippen molar-refractivity contribution in [1.82, 2.24) is 0 Å². The van der Waals surface area contributed by atoms with Crippen LogP contribution in [0.2, 0.25) is 0 Å². The fourth-order valence-corrected chi connectivity index (χ4v) is 8.01. The fourth-order valence-electron chi connectivity index (χ4n) is 5.53. The number of amides is 2. The largest absolute Gasteiger partial charge is 1.00 e. The Labute approximate surface area is 450 Å². The molecule has 6 N–H and O–H groups in total. The maximum atomic E-state index is 13.3. The molecule has 312 valence electrons. The smallest absolute Gasteiger partial charge is 0.744 e. The van der Waals surface area contributed by atoms with Gasteiger partial charge in [0.15, 0.2) is 0 Å². The monoisotopic (exact) mass is 992 g/mol. The molecule has 23 nitrogen and oxygen atoms in total. The number of rotatable bonds is 10. The fraction of sp³-hybridized carbons (Fsp3) is 0. The minimum atomic E-state index is -5.49. The van der Waals surface area contributed by atoms with Gasteiger partial charge in [-0.15, -0.1) is 0 Å². The van der Waals surface area contributed by atoms with Crippen molar-refractivity contribution >= 4 is 109 Å². The van der Waals surface area contributed by atoms with Crippen molar-refractivity contribution in [1.29, 1.82) is 0 Å². The standard InChI is InChI=1S/C33H24N6O17S4.4Na/c40-25-7-3-19(57(45,46)47)13-23(25)36-38-29-27(42)11-15-9-18(2-6-22(15)32(29)60(54,55)56)35-33(44)34-17-1-5-21-16(10-17)12-28(59(51,52)53)30(31(21)43)39-37-24-14-20(58(48,49)50)4-8-26(24)41;;;;/h1-14,36-37,40-41H,(H2,34,35,44)(H,45,46,47)(H,48,49,50)(H,51,52,53)(H,54,55,56);;;;/q;4*+1/p-4. The van der Waals surface area contributed by atoms with Gasteiger partial charge in [0, 0.05) is 22.2 Å². The van der Waals surface area contributed by atoms with Crippen LogP contribution in [0.4, 0.5) is 27.5 Å². The molecule has 0 aromatic heterocycles. The van der Waals surface area contributed by atoms with E-state index in [0.717, 1.165) is 66.7 Å². The second-order valence-electron chi connectivity index (χ2n) is 12.2. The zero-order valence-corrected chi connectivity index (χ0v) is 44.4. The normalized spacial score (nSPS) is 14.8. The second-order valence-corrected chi connectivity index (χ2v) is 17.6. The quantitative estimate of drug-likeness (QED) is 0.0372. The van der Waals surface area contributed by atoms with Gasteiger partial charge in [0.2, 0.25) is 11.6 Å². The van der Waals surface area contributed by atoms with Crippen LogP contribution in [-0.2, 0) is 45.3 Å². The third-order valence-corrected chi connectivity index (χ3v) is 11.6. The molecule has 0 aliphatic heterocycles. The van der Waals surface area contributed by atoms with E-state index in [-0.39, 0.29) is 151 Å². The molecule has 0 fully saturated rings. The van der Waals surface area contributed by atoms with E-state index in [0.29, 0.717) is 12.1 Å². The van der Waals surface area contributed by atoms with E-state index in [1.54, 1.807) is 0 Å². The van der Waals surface area contributed by atoms with E-state index < -0.39 is 112 Å². The van der Waals surface area contributed by atoms with Crippen LogP contribution >= 0.6 is 0 Å². The number of ketones is 2. The number of carbonyl (C=O) groups excluding carboxylic acids is 3. The van der Waals surface area contributed by atoms with Crippen molar-refractivity contribution in [3.05, 3.63) is 99.3 Å². The van der Waals surface area contributed by atoms with E-state index >= 15 is 0 Å². The number of phenols is 2. The summed E-state index contributed by atoms with van der Waals surface area (Å²) in [7, 11) is -21.0. The van der Waals surface area contributed by atoms with Gasteiger partial charge in [0.1, 0.15) is 63.4 Å². The van der Waals surface area contributed by atoms with Crippen molar-refractivity contribution < 1.29 is 195 Å². The Bertz CT molecular complexity index is 3310. The van der Waals surface area contributed by atoms with Crippen molar-refractivity contribution in [3.8, 4) is 11.5 Å². The Morgan fingerprint density at radius 2 is 1.05 bits per heavy atom. The first kappa shape index (κ1) is 57.3. The SMILES string of the molecule is O=C(Nc1ccc2c(c1)C=C(S(=O)(=O)[O-])C(=NNc1cc(S(=O)(=O)[O-])ccc1O)C2=O)Nc1ccc2c(c1)=CC(=O)C(=NNc1cc(S(=O)(=O)[O-])ccc1O)C=2S(=O)(=O)[O-].[Na+].[Na+].[Na+].[Na+]. The van der Waals surface area contributed by atoms with Crippen molar-refractivity contribution in [2.75, 3.05) is 21.5 Å². The molecule has 2 amide bonds. The number of anilines is 4. The van der Waals surface area contributed by atoms with Gasteiger partial charge in [-0.05, 0) is 89.7 Å². The summed E-state index contributed by atoms with van der Waals surface area (Å²) in [6.07, 6.45) is 1.59. The topological polar surface area (TPSA) is 393 Å². The molecule has 0 atom stereocenters. The molecule has 2 aliphatic rings. The molecule has 2 aliphatic carbocycles. The number of carbonyl (C=O) groups is 3. The number of nitrogens with zero attached hydrogens (tertiary/aromatic N) is 2. The van der Waals surface area contributed by atoms with Crippen LogP contribution in [0.5, 0.6) is 11.5 Å². The molecule has 0 bridgehead atoms. The summed E-state index contributed by atoms with van der Waals surface area (Å²) in [6.45, 7) is 0. The summed E-state index contributed by atoms with van der Waals surface area (Å²) in [4.78, 5) is 35.4. The van der Waals surface area contributed by atoms with Crippen LogP contribution in [0, 0.1) is 0 Å². The number of aromatic hydroxyl groups is 2. The first-order valence-electron chi connectivity index (χ1n) is 15.9. The molecule has 0 radical (unpaired) electrons. The summed E-state index contributed by atoms with van der Waals surface area (Å²) < 4.78 is 142. The number of fused-ring (bicyclic) bond motifs is 2. The number of benzene rings is 4. The molecule has 6 rings (SSSR count). The predicted octanol–water partition coefficient (Wildman–Crippen LogP) is -12.4. The number of phenolic OH excluding ortho intramolecular Hbond substituents is 2. The Hall–Kier alpha value is -2.85. The molecule has 0 heterocycles. The minimum Gasteiger partial charge on any atom is -0.744 e. The van der Waals surface area contributed by atoms with Crippen LogP contribution in [0.15, 0.2) is 97.7 Å². The minimum absolute atomic E-state index is 0. The third-order valence-electron chi connectivity index (χ3n) is 8.19. The number of Topliss-reactive ketones (excluding diaryl/α,β-unsaturated/α-hetero) is 2. The number of nitrogens with one attached hydrogen (secondary N) is 4. The van der Waals surface area contributed by atoms with Crippen molar-refractivity contribution in [2.24, 2.45) is 10.2 Å². The third kappa shape index (κ3) is 13.2. The average molecular weight is 993 g/mol. The molecule has 4 aromatic rings. The predicted molar refractivity (Wildman–Crippen MR) is 204 cm³/mol. The van der Waals surface area contributed by atoms with Crippen molar-refractivity contribution in [3.63, 3.8) is 0 Å². The Kier molecular flexibility index (Phi) is 19.6. The molecule has 4 aromatic carbocycles. The number of hydrogen-bond donors (Lipinski definition) is 6. The van der Waals surface area contributed by atoms with Crippen LogP contribution < -0.4 is 150 Å². The van der Waals surface area contributed by atoms with Gasteiger partial charge < -0.3 is 39.1 Å². The number of hydrazone groups is 2. The molecule has 0 spiro atoms. The Balaban J connectivity index is 0.00000352. The van der Waals surface area contributed by atoms with E-state index in [1.165, 1.54) is 6.07 Å². The molecule has 0 unspecified atom stereocenters. The first-order chi connectivity index (χ1) is 27.8. The molecular weight excluding hydrogens is 973 g/mol. The van der Waals surface area contributed by atoms with E-state index in [2.05, 4.69) is 31.7 Å². The van der Waals surface area contributed by atoms with Crippen molar-refractivity contribution in [2.45, 2.75) is 9.79 Å². The maximum absolute atomic E-state index is 13.3. The van der Waals surface area contributed by atoms with Gasteiger partial charge in [-0.25, -0.2) is 38.5 Å². The summed E-state index contributed by atoms with van der Waals surface area (Å²) in [5, 5.41) is 31.4. The molecule has 64 heavy (non-hydrogen) atoms. The van der Waals surface area contributed by atoms with Gasteiger partial charge in [-0.2, -0.15) is 10.2 Å². The van der Waals surface area contributed by atoms with Gasteiger partial charge in [0.05, 0.1) is 31.0 Å². The average Bonchev–Trinajstić information content (AvgIpc) is 3.12. The van der Waals surface area contributed by atoms with Crippen LogP contribution in [-0.4, -0.2) is 91.1 Å². The van der Waals surface area contributed by atoms with Gasteiger partial charge in [-0.3, -0.25) is 20.4 Å². The van der Waals surface area contributed by atoms with Gasteiger partial charge in [0.25, 0.3) is 0 Å². The zero-order valence-electron chi connectivity index (χ0n) is 33.1. The summed E-state index contributed by atoms with van der Waals surface area (Å²) in [5.74, 6) is -3.64. The molecule has 0 saturated carbocycles. The van der Waals surface area contributed by atoms with Crippen LogP contribution in [0.25, 0.3) is 17.1 Å². The maximum Gasteiger partial charge on any atom is 1.00 e. The van der Waals surface area contributed by atoms with Crippen LogP contribution in [0.3, 0.4) is 0 Å².